The number of hydrogen-bond donors (Lipinski definition) is 4. The number of hydrogen-bond acceptors (Lipinski definition) is 5. The van der Waals surface area contributed by atoms with Gasteiger partial charge in [-0.3, -0.25) is 5.10 Å². The predicted molar refractivity (Wildman–Crippen MR) is 88.2 cm³/mol. The summed E-state index contributed by atoms with van der Waals surface area (Å²) in [5, 5.41) is 22.0. The van der Waals surface area contributed by atoms with Gasteiger partial charge in [-0.05, 0) is 30.0 Å². The number of aliphatic carboxylic acids is 1. The molecule has 0 saturated carbocycles. The monoisotopic (exact) mass is 340 g/mol. The second kappa shape index (κ2) is 7.25. The fourth-order valence-corrected chi connectivity index (χ4v) is 2.72. The molecule has 6 nitrogen and oxygen atoms in total. The number of aromatic amines is 1. The maximum absolute atomic E-state index is 11.3. The second-order valence-corrected chi connectivity index (χ2v) is 6.17. The summed E-state index contributed by atoms with van der Waals surface area (Å²) < 4.78 is 0.513. The second-order valence-electron chi connectivity index (χ2n) is 4.10. The quantitative estimate of drug-likeness (QED) is 0.620. The normalized spacial score (nSPS) is 11.6. The molecule has 0 aliphatic heterocycles. The van der Waals surface area contributed by atoms with E-state index in [1.165, 1.54) is 11.3 Å². The SMILES string of the molecule is O=C(O)[C@H](Cc1ccccc1)NC(=S)Nc1n[nH]c(=S)s1. The first kappa shape index (κ1) is 15.5. The number of carboxylic acid groups (broad SMARTS) is 1. The fourth-order valence-electron chi connectivity index (χ4n) is 1.62. The molecule has 1 heterocycles. The van der Waals surface area contributed by atoms with Crippen LogP contribution in [0.15, 0.2) is 30.3 Å². The van der Waals surface area contributed by atoms with Gasteiger partial charge < -0.3 is 15.7 Å². The Morgan fingerprint density at radius 1 is 1.43 bits per heavy atom. The van der Waals surface area contributed by atoms with E-state index in [0.29, 0.717) is 15.5 Å². The maximum atomic E-state index is 11.3. The van der Waals surface area contributed by atoms with E-state index < -0.39 is 12.0 Å². The predicted octanol–water partition coefficient (Wildman–Crippen LogP) is 2.18. The number of benzene rings is 1. The van der Waals surface area contributed by atoms with Gasteiger partial charge in [-0.25, -0.2) is 4.79 Å². The Morgan fingerprint density at radius 2 is 2.14 bits per heavy atom. The van der Waals surface area contributed by atoms with E-state index in [1.54, 1.807) is 0 Å². The Balaban J connectivity index is 1.97. The summed E-state index contributed by atoms with van der Waals surface area (Å²) in [4.78, 5) is 11.3. The highest BCUT2D eigenvalue weighted by Gasteiger charge is 2.19. The van der Waals surface area contributed by atoms with Crippen LogP contribution in [0, 0.1) is 3.95 Å². The van der Waals surface area contributed by atoms with Gasteiger partial charge in [-0.1, -0.05) is 41.7 Å². The van der Waals surface area contributed by atoms with Crippen LogP contribution < -0.4 is 10.6 Å². The van der Waals surface area contributed by atoms with Crippen LogP contribution in [0.2, 0.25) is 0 Å². The number of nitrogens with one attached hydrogen (secondary N) is 3. The number of carboxylic acids is 1. The van der Waals surface area contributed by atoms with Gasteiger partial charge in [0, 0.05) is 6.42 Å². The van der Waals surface area contributed by atoms with Crippen LogP contribution in [0.3, 0.4) is 0 Å². The average Bonchev–Trinajstić information content (AvgIpc) is 2.84. The summed E-state index contributed by atoms with van der Waals surface area (Å²) in [6, 6.07) is 8.52. The van der Waals surface area contributed by atoms with E-state index in [2.05, 4.69) is 20.8 Å². The molecule has 0 unspecified atom stereocenters. The van der Waals surface area contributed by atoms with E-state index in [-0.39, 0.29) is 5.11 Å². The van der Waals surface area contributed by atoms with Crippen molar-refractivity contribution in [2.24, 2.45) is 0 Å². The third-order valence-electron chi connectivity index (χ3n) is 2.54. The van der Waals surface area contributed by atoms with E-state index in [9.17, 15) is 9.90 Å². The zero-order valence-corrected chi connectivity index (χ0v) is 13.1. The third kappa shape index (κ3) is 4.88. The van der Waals surface area contributed by atoms with Crippen molar-refractivity contribution >= 4 is 52.0 Å². The van der Waals surface area contributed by atoms with Gasteiger partial charge in [0.25, 0.3) is 0 Å². The van der Waals surface area contributed by atoms with Crippen molar-refractivity contribution in [3.8, 4) is 0 Å². The summed E-state index contributed by atoms with van der Waals surface area (Å²) in [7, 11) is 0. The van der Waals surface area contributed by atoms with Gasteiger partial charge in [0.05, 0.1) is 0 Å². The topological polar surface area (TPSA) is 90.0 Å². The molecule has 1 atom stereocenters. The number of rotatable bonds is 5. The van der Waals surface area contributed by atoms with Crippen LogP contribution in [0.1, 0.15) is 5.56 Å². The zero-order valence-electron chi connectivity index (χ0n) is 10.7. The standard InChI is InChI=1S/C12H12N4O2S3/c17-9(18)8(6-7-4-2-1-3-5-7)13-10(19)14-11-15-16-12(20)21-11/h1-5,8H,6H2,(H,16,20)(H,17,18)(H2,13,14,15,19)/t8-/m0/s1. The third-order valence-corrected chi connectivity index (χ3v) is 3.77. The molecule has 4 N–H and O–H groups in total. The summed E-state index contributed by atoms with van der Waals surface area (Å²) in [5.74, 6) is -0.974. The lowest BCUT2D eigenvalue weighted by Gasteiger charge is -2.16. The first-order chi connectivity index (χ1) is 10.0. The van der Waals surface area contributed by atoms with Gasteiger partial charge >= 0.3 is 5.97 Å². The van der Waals surface area contributed by atoms with Gasteiger partial charge in [0.1, 0.15) is 6.04 Å². The van der Waals surface area contributed by atoms with Crippen LogP contribution in [0.4, 0.5) is 5.13 Å². The molecule has 21 heavy (non-hydrogen) atoms. The van der Waals surface area contributed by atoms with Crippen LogP contribution in [-0.2, 0) is 11.2 Å². The summed E-state index contributed by atoms with van der Waals surface area (Å²) in [6.07, 6.45) is 0.328. The average molecular weight is 340 g/mol. The van der Waals surface area contributed by atoms with Crippen LogP contribution >= 0.6 is 35.8 Å². The number of nitrogens with zero attached hydrogens (tertiary/aromatic N) is 1. The molecule has 0 spiro atoms. The highest BCUT2D eigenvalue weighted by atomic mass is 32.1. The van der Waals surface area contributed by atoms with E-state index in [1.807, 2.05) is 30.3 Å². The molecule has 0 saturated heterocycles. The lowest BCUT2D eigenvalue weighted by Crippen LogP contribution is -2.44. The molecule has 2 aromatic rings. The lowest BCUT2D eigenvalue weighted by molar-refractivity contribution is -0.139. The zero-order chi connectivity index (χ0) is 15.2. The fraction of sp³-hybridized carbons (Fsp3) is 0.167. The van der Waals surface area contributed by atoms with Crippen molar-refractivity contribution in [1.29, 1.82) is 0 Å². The Morgan fingerprint density at radius 3 is 2.71 bits per heavy atom. The van der Waals surface area contributed by atoms with Crippen molar-refractivity contribution in [1.82, 2.24) is 15.5 Å². The number of carbonyl (C=O) groups is 1. The molecule has 0 amide bonds. The molecule has 2 rings (SSSR count). The number of thiocarbonyl (C=S) groups is 1. The first-order valence-corrected chi connectivity index (χ1v) is 7.57. The minimum absolute atomic E-state index is 0.191. The Hall–Kier alpha value is -1.84. The molecule has 0 aliphatic rings. The Labute approximate surface area is 135 Å². The molecule has 110 valence electrons. The van der Waals surface area contributed by atoms with Crippen molar-refractivity contribution in [3.05, 3.63) is 39.8 Å². The number of H-pyrrole nitrogens is 1. The van der Waals surface area contributed by atoms with E-state index in [4.69, 9.17) is 24.4 Å². The van der Waals surface area contributed by atoms with Gasteiger partial charge in [-0.15, -0.1) is 5.10 Å². The summed E-state index contributed by atoms with van der Waals surface area (Å²) >= 11 is 11.2. The highest BCUT2D eigenvalue weighted by Crippen LogP contribution is 2.10. The lowest BCUT2D eigenvalue weighted by atomic mass is 10.1. The van der Waals surface area contributed by atoms with Crippen LogP contribution in [0.5, 0.6) is 0 Å². The van der Waals surface area contributed by atoms with Gasteiger partial charge in [0.15, 0.2) is 9.07 Å². The first-order valence-electron chi connectivity index (χ1n) is 5.94. The minimum Gasteiger partial charge on any atom is -0.480 e. The molecular formula is C12H12N4O2S3. The molecule has 0 radical (unpaired) electrons. The van der Waals surface area contributed by atoms with E-state index in [0.717, 1.165) is 5.56 Å². The molecule has 0 bridgehead atoms. The molecule has 0 fully saturated rings. The molecule has 1 aromatic heterocycles. The number of anilines is 1. The smallest absolute Gasteiger partial charge is 0.326 e. The molecule has 9 heteroatoms. The Kier molecular flexibility index (Phi) is 5.37. The number of aromatic nitrogens is 2. The van der Waals surface area contributed by atoms with Gasteiger partial charge in [0.2, 0.25) is 5.13 Å². The van der Waals surface area contributed by atoms with Crippen molar-refractivity contribution in [2.75, 3.05) is 5.32 Å². The molecule has 1 aromatic carbocycles. The summed E-state index contributed by atoms with van der Waals surface area (Å²) in [5.41, 5.74) is 0.913. The summed E-state index contributed by atoms with van der Waals surface area (Å²) in [6.45, 7) is 0. The van der Waals surface area contributed by atoms with Crippen molar-refractivity contribution in [2.45, 2.75) is 12.5 Å². The molecule has 0 aliphatic carbocycles. The largest absolute Gasteiger partial charge is 0.480 e. The van der Waals surface area contributed by atoms with Gasteiger partial charge in [-0.2, -0.15) is 0 Å². The van der Waals surface area contributed by atoms with Crippen LogP contribution in [-0.4, -0.2) is 32.4 Å². The van der Waals surface area contributed by atoms with Crippen LogP contribution in [0.25, 0.3) is 0 Å². The molecular weight excluding hydrogens is 328 g/mol. The maximum Gasteiger partial charge on any atom is 0.326 e. The van der Waals surface area contributed by atoms with Crippen molar-refractivity contribution < 1.29 is 9.90 Å². The van der Waals surface area contributed by atoms with E-state index >= 15 is 0 Å². The van der Waals surface area contributed by atoms with Crippen molar-refractivity contribution in [3.63, 3.8) is 0 Å². The Bertz CT molecular complexity index is 683. The minimum atomic E-state index is -0.974. The highest BCUT2D eigenvalue weighted by molar-refractivity contribution is 7.80.